The summed E-state index contributed by atoms with van der Waals surface area (Å²) in [6.07, 6.45) is 7.11. The predicted molar refractivity (Wildman–Crippen MR) is 108 cm³/mol. The Morgan fingerprint density at radius 3 is 2.64 bits per heavy atom. The highest BCUT2D eigenvalue weighted by atomic mass is 19.1. The fourth-order valence-electron chi connectivity index (χ4n) is 4.71. The van der Waals surface area contributed by atoms with Gasteiger partial charge in [-0.05, 0) is 100 Å². The van der Waals surface area contributed by atoms with Gasteiger partial charge in [-0.25, -0.2) is 9.18 Å². The number of rotatable bonds is 3. The number of nitrogens with zero attached hydrogens (tertiary/aromatic N) is 1. The van der Waals surface area contributed by atoms with Crippen molar-refractivity contribution < 1.29 is 13.9 Å². The van der Waals surface area contributed by atoms with E-state index in [4.69, 9.17) is 4.74 Å². The van der Waals surface area contributed by atoms with Crippen molar-refractivity contribution in [2.24, 2.45) is 11.8 Å². The van der Waals surface area contributed by atoms with Gasteiger partial charge in [-0.1, -0.05) is 0 Å². The van der Waals surface area contributed by atoms with Gasteiger partial charge in [0.2, 0.25) is 0 Å². The summed E-state index contributed by atoms with van der Waals surface area (Å²) in [6, 6.07) is 7.16. The number of hydrogen-bond acceptors (Lipinski definition) is 3. The lowest BCUT2D eigenvalue weighted by atomic mass is 9.76. The molecule has 28 heavy (non-hydrogen) atoms. The van der Waals surface area contributed by atoms with Crippen LogP contribution in [-0.4, -0.2) is 22.7 Å². The SMILES string of the molecule is CC(C)(C)OC(=O)NC1CC1C1CCC(c2ccnc3ccc(F)cc23)CC1. The molecule has 4 nitrogen and oxygen atoms in total. The van der Waals surface area contributed by atoms with E-state index in [0.717, 1.165) is 43.0 Å². The van der Waals surface area contributed by atoms with Crippen LogP contribution in [-0.2, 0) is 4.74 Å². The molecule has 150 valence electrons. The molecule has 2 aliphatic rings. The lowest BCUT2D eigenvalue weighted by molar-refractivity contribution is 0.0518. The van der Waals surface area contributed by atoms with Crippen molar-refractivity contribution in [3.05, 3.63) is 41.8 Å². The van der Waals surface area contributed by atoms with Gasteiger partial charge in [0.1, 0.15) is 11.4 Å². The maximum absolute atomic E-state index is 13.7. The number of benzene rings is 1. The Bertz CT molecular complexity index is 869. The van der Waals surface area contributed by atoms with E-state index in [2.05, 4.69) is 16.4 Å². The number of fused-ring (bicyclic) bond motifs is 1. The first kappa shape index (κ1) is 19.2. The van der Waals surface area contributed by atoms with Crippen LogP contribution in [0.4, 0.5) is 9.18 Å². The van der Waals surface area contributed by atoms with E-state index < -0.39 is 5.60 Å². The molecule has 1 amide bonds. The van der Waals surface area contributed by atoms with E-state index in [1.54, 1.807) is 12.1 Å². The van der Waals surface area contributed by atoms with Crippen LogP contribution in [0.5, 0.6) is 0 Å². The third-order valence-electron chi connectivity index (χ3n) is 6.10. The molecule has 0 saturated heterocycles. The van der Waals surface area contributed by atoms with E-state index in [0.29, 0.717) is 17.8 Å². The minimum atomic E-state index is -0.459. The Kier molecular flexibility index (Phi) is 5.02. The van der Waals surface area contributed by atoms with Gasteiger partial charge in [0.25, 0.3) is 0 Å². The van der Waals surface area contributed by atoms with Gasteiger partial charge in [0.05, 0.1) is 5.52 Å². The summed E-state index contributed by atoms with van der Waals surface area (Å²) in [5, 5.41) is 3.97. The number of alkyl carbamates (subject to hydrolysis) is 1. The standard InChI is InChI=1S/C23H29FN2O2/c1-23(2,3)28-22(27)26-21-13-18(21)15-6-4-14(5-7-15)17-10-11-25-20-9-8-16(24)12-19(17)20/h8-12,14-15,18,21H,4-7,13H2,1-3H3,(H,26,27). The zero-order valence-electron chi connectivity index (χ0n) is 16.9. The molecule has 4 rings (SSSR count). The summed E-state index contributed by atoms with van der Waals surface area (Å²) < 4.78 is 19.1. The van der Waals surface area contributed by atoms with Crippen molar-refractivity contribution in [1.82, 2.24) is 10.3 Å². The molecule has 2 aliphatic carbocycles. The van der Waals surface area contributed by atoms with Crippen LogP contribution in [0.1, 0.15) is 64.4 Å². The Morgan fingerprint density at radius 2 is 1.93 bits per heavy atom. The fraction of sp³-hybridized carbons (Fsp3) is 0.565. The Morgan fingerprint density at radius 1 is 1.18 bits per heavy atom. The molecule has 1 aromatic carbocycles. The number of aromatic nitrogens is 1. The second-order valence-electron chi connectivity index (χ2n) is 9.33. The van der Waals surface area contributed by atoms with Crippen LogP contribution in [0.3, 0.4) is 0 Å². The Labute approximate surface area is 165 Å². The van der Waals surface area contributed by atoms with Gasteiger partial charge < -0.3 is 10.1 Å². The Balaban J connectivity index is 1.34. The van der Waals surface area contributed by atoms with Crippen LogP contribution in [0, 0.1) is 17.7 Å². The third-order valence-corrected chi connectivity index (χ3v) is 6.10. The minimum absolute atomic E-state index is 0.204. The second kappa shape index (κ2) is 7.34. The van der Waals surface area contributed by atoms with Crippen LogP contribution in [0.2, 0.25) is 0 Å². The number of carbonyl (C=O) groups excluding carboxylic acids is 1. The van der Waals surface area contributed by atoms with Crippen molar-refractivity contribution in [3.8, 4) is 0 Å². The molecule has 2 aromatic rings. The van der Waals surface area contributed by atoms with Crippen LogP contribution in [0.15, 0.2) is 30.5 Å². The average Bonchev–Trinajstić information content (AvgIpc) is 3.38. The zero-order chi connectivity index (χ0) is 19.9. The first-order valence-electron chi connectivity index (χ1n) is 10.3. The highest BCUT2D eigenvalue weighted by Crippen LogP contribution is 2.48. The summed E-state index contributed by atoms with van der Waals surface area (Å²) in [7, 11) is 0. The number of pyridine rings is 1. The molecular formula is C23H29FN2O2. The van der Waals surface area contributed by atoms with Crippen molar-refractivity contribution in [2.75, 3.05) is 0 Å². The van der Waals surface area contributed by atoms with E-state index in [9.17, 15) is 9.18 Å². The van der Waals surface area contributed by atoms with Crippen LogP contribution >= 0.6 is 0 Å². The molecular weight excluding hydrogens is 355 g/mol. The van der Waals surface area contributed by atoms with Crippen molar-refractivity contribution in [3.63, 3.8) is 0 Å². The molecule has 0 radical (unpaired) electrons. The molecule has 0 bridgehead atoms. The fourth-order valence-corrected chi connectivity index (χ4v) is 4.71. The van der Waals surface area contributed by atoms with Gasteiger partial charge in [-0.15, -0.1) is 0 Å². The number of hydrogen-bond donors (Lipinski definition) is 1. The molecule has 0 spiro atoms. The number of carbonyl (C=O) groups is 1. The summed E-state index contributed by atoms with van der Waals surface area (Å²) in [5.41, 5.74) is 1.63. The molecule has 2 fully saturated rings. The maximum atomic E-state index is 13.7. The monoisotopic (exact) mass is 384 g/mol. The molecule has 0 aliphatic heterocycles. The molecule has 1 aromatic heterocycles. The van der Waals surface area contributed by atoms with E-state index in [1.807, 2.05) is 27.0 Å². The van der Waals surface area contributed by atoms with Crippen molar-refractivity contribution in [1.29, 1.82) is 0 Å². The van der Waals surface area contributed by atoms with Gasteiger partial charge in [-0.3, -0.25) is 4.98 Å². The third kappa shape index (κ3) is 4.29. The number of amides is 1. The summed E-state index contributed by atoms with van der Waals surface area (Å²) in [6.45, 7) is 5.65. The topological polar surface area (TPSA) is 51.2 Å². The van der Waals surface area contributed by atoms with Crippen molar-refractivity contribution in [2.45, 2.75) is 70.4 Å². The highest BCUT2D eigenvalue weighted by Gasteiger charge is 2.45. The van der Waals surface area contributed by atoms with Crippen molar-refractivity contribution >= 4 is 17.0 Å². The van der Waals surface area contributed by atoms with Crippen LogP contribution in [0.25, 0.3) is 10.9 Å². The first-order chi connectivity index (χ1) is 13.3. The molecule has 2 atom stereocenters. The quantitative estimate of drug-likeness (QED) is 0.754. The molecule has 2 saturated carbocycles. The number of nitrogens with one attached hydrogen (secondary N) is 1. The number of ether oxygens (including phenoxy) is 1. The second-order valence-corrected chi connectivity index (χ2v) is 9.33. The number of halogens is 1. The maximum Gasteiger partial charge on any atom is 0.407 e. The molecule has 5 heteroatoms. The smallest absolute Gasteiger partial charge is 0.407 e. The Hall–Kier alpha value is -2.17. The predicted octanol–water partition coefficient (Wildman–Crippen LogP) is 5.56. The van der Waals surface area contributed by atoms with Gasteiger partial charge in [-0.2, -0.15) is 0 Å². The van der Waals surface area contributed by atoms with E-state index in [1.165, 1.54) is 11.6 Å². The lowest BCUT2D eigenvalue weighted by Gasteiger charge is -2.30. The minimum Gasteiger partial charge on any atom is -0.444 e. The van der Waals surface area contributed by atoms with Gasteiger partial charge >= 0.3 is 6.09 Å². The first-order valence-corrected chi connectivity index (χ1v) is 10.3. The summed E-state index contributed by atoms with van der Waals surface area (Å²) in [5.74, 6) is 1.48. The van der Waals surface area contributed by atoms with Gasteiger partial charge in [0.15, 0.2) is 0 Å². The zero-order valence-corrected chi connectivity index (χ0v) is 16.9. The average molecular weight is 384 g/mol. The van der Waals surface area contributed by atoms with Gasteiger partial charge in [0, 0.05) is 17.6 Å². The lowest BCUT2D eigenvalue weighted by Crippen LogP contribution is -2.35. The molecule has 1 heterocycles. The van der Waals surface area contributed by atoms with Crippen LogP contribution < -0.4 is 5.32 Å². The molecule has 1 N–H and O–H groups in total. The van der Waals surface area contributed by atoms with E-state index in [-0.39, 0.29) is 18.0 Å². The summed E-state index contributed by atoms with van der Waals surface area (Å²) >= 11 is 0. The molecule has 2 unspecified atom stereocenters. The summed E-state index contributed by atoms with van der Waals surface area (Å²) in [4.78, 5) is 16.3. The van der Waals surface area contributed by atoms with E-state index >= 15 is 0 Å². The largest absolute Gasteiger partial charge is 0.444 e. The highest BCUT2D eigenvalue weighted by molar-refractivity contribution is 5.82. The normalized spacial score (nSPS) is 27.4.